The maximum atomic E-state index is 5.71. The quantitative estimate of drug-likeness (QED) is 0.798. The molecule has 1 aromatic heterocycles. The van der Waals surface area contributed by atoms with Gasteiger partial charge in [-0.05, 0) is 66.5 Å². The molecular weight excluding hydrogens is 346 g/mol. The van der Waals surface area contributed by atoms with E-state index in [-0.39, 0.29) is 0 Å². The SMILES string of the molecule is Brc1cnc(OCC2CCN(CC3CCOCC3)CC2)nc1. The average molecular weight is 370 g/mol. The lowest BCUT2D eigenvalue weighted by Gasteiger charge is -2.35. The van der Waals surface area contributed by atoms with Gasteiger partial charge in [-0.3, -0.25) is 0 Å². The van der Waals surface area contributed by atoms with Crippen LogP contribution < -0.4 is 4.74 Å². The zero-order valence-corrected chi connectivity index (χ0v) is 14.5. The van der Waals surface area contributed by atoms with Crippen molar-refractivity contribution in [2.24, 2.45) is 11.8 Å². The van der Waals surface area contributed by atoms with Gasteiger partial charge in [-0.1, -0.05) is 0 Å². The zero-order valence-electron chi connectivity index (χ0n) is 12.9. The molecule has 3 heterocycles. The standard InChI is InChI=1S/C16H24BrN3O2/c17-15-9-18-16(19-10-15)22-12-14-1-5-20(6-2-14)11-13-3-7-21-8-4-13/h9-10,13-14H,1-8,11-12H2. The Balaban J connectivity index is 1.35. The smallest absolute Gasteiger partial charge is 0.316 e. The molecule has 2 aliphatic rings. The van der Waals surface area contributed by atoms with Gasteiger partial charge in [0, 0.05) is 32.2 Å². The minimum absolute atomic E-state index is 0.479. The highest BCUT2D eigenvalue weighted by molar-refractivity contribution is 9.10. The van der Waals surface area contributed by atoms with Crippen molar-refractivity contribution in [1.82, 2.24) is 14.9 Å². The van der Waals surface area contributed by atoms with Crippen molar-refractivity contribution >= 4 is 15.9 Å². The molecule has 0 aliphatic carbocycles. The molecule has 0 N–H and O–H groups in total. The zero-order chi connectivity index (χ0) is 15.2. The molecule has 122 valence electrons. The predicted octanol–water partition coefficient (Wildman–Crippen LogP) is 2.76. The molecule has 0 spiro atoms. The summed E-state index contributed by atoms with van der Waals surface area (Å²) < 4.78 is 12.0. The van der Waals surface area contributed by atoms with Crippen molar-refractivity contribution in [3.63, 3.8) is 0 Å². The Morgan fingerprint density at radius 3 is 2.45 bits per heavy atom. The molecule has 2 aliphatic heterocycles. The first-order valence-electron chi connectivity index (χ1n) is 8.20. The first kappa shape index (κ1) is 16.1. The highest BCUT2D eigenvalue weighted by Gasteiger charge is 2.23. The van der Waals surface area contributed by atoms with Crippen LogP contribution >= 0.6 is 15.9 Å². The van der Waals surface area contributed by atoms with Gasteiger partial charge in [-0.2, -0.15) is 0 Å². The van der Waals surface area contributed by atoms with E-state index >= 15 is 0 Å². The Hall–Kier alpha value is -0.720. The predicted molar refractivity (Wildman–Crippen MR) is 87.9 cm³/mol. The minimum atomic E-state index is 0.479. The minimum Gasteiger partial charge on any atom is -0.463 e. The van der Waals surface area contributed by atoms with Crippen LogP contribution in [-0.4, -0.2) is 54.3 Å². The van der Waals surface area contributed by atoms with E-state index < -0.39 is 0 Å². The molecule has 2 saturated heterocycles. The number of ether oxygens (including phenoxy) is 2. The Kier molecular flexibility index (Phi) is 6.04. The van der Waals surface area contributed by atoms with E-state index in [2.05, 4.69) is 30.8 Å². The number of likely N-dealkylation sites (tertiary alicyclic amines) is 1. The third-order valence-corrected chi connectivity index (χ3v) is 5.02. The van der Waals surface area contributed by atoms with E-state index in [1.165, 1.54) is 45.3 Å². The van der Waals surface area contributed by atoms with Crippen molar-refractivity contribution in [3.8, 4) is 6.01 Å². The number of hydrogen-bond acceptors (Lipinski definition) is 5. The number of piperidine rings is 1. The third kappa shape index (κ3) is 4.89. The first-order chi connectivity index (χ1) is 10.8. The summed E-state index contributed by atoms with van der Waals surface area (Å²) >= 11 is 3.33. The van der Waals surface area contributed by atoms with Gasteiger partial charge in [-0.25, -0.2) is 9.97 Å². The number of halogens is 1. The molecule has 0 unspecified atom stereocenters. The van der Waals surface area contributed by atoms with Crippen molar-refractivity contribution in [2.45, 2.75) is 25.7 Å². The molecule has 5 nitrogen and oxygen atoms in total. The summed E-state index contributed by atoms with van der Waals surface area (Å²) in [6.07, 6.45) is 8.31. The molecule has 0 radical (unpaired) electrons. The summed E-state index contributed by atoms with van der Waals surface area (Å²) in [7, 11) is 0. The van der Waals surface area contributed by atoms with Gasteiger partial charge in [0.05, 0.1) is 11.1 Å². The van der Waals surface area contributed by atoms with Gasteiger partial charge in [0.1, 0.15) is 0 Å². The van der Waals surface area contributed by atoms with Gasteiger partial charge in [-0.15, -0.1) is 0 Å². The van der Waals surface area contributed by atoms with Crippen LogP contribution in [0.25, 0.3) is 0 Å². The number of rotatable bonds is 5. The van der Waals surface area contributed by atoms with Crippen LogP contribution in [0.3, 0.4) is 0 Å². The van der Waals surface area contributed by atoms with E-state index in [1.54, 1.807) is 12.4 Å². The Bertz CT molecular complexity index is 443. The molecule has 0 saturated carbocycles. The van der Waals surface area contributed by atoms with Gasteiger partial charge < -0.3 is 14.4 Å². The molecule has 0 aromatic carbocycles. The summed E-state index contributed by atoms with van der Waals surface area (Å²) in [5, 5.41) is 0. The number of nitrogens with zero attached hydrogens (tertiary/aromatic N) is 3. The highest BCUT2D eigenvalue weighted by Crippen LogP contribution is 2.22. The molecule has 0 bridgehead atoms. The van der Waals surface area contributed by atoms with Gasteiger partial charge in [0.2, 0.25) is 0 Å². The first-order valence-corrected chi connectivity index (χ1v) is 8.99. The van der Waals surface area contributed by atoms with Crippen LogP contribution in [0, 0.1) is 11.8 Å². The monoisotopic (exact) mass is 369 g/mol. The van der Waals surface area contributed by atoms with Crippen LogP contribution in [0.4, 0.5) is 0 Å². The summed E-state index contributed by atoms with van der Waals surface area (Å²) in [4.78, 5) is 10.9. The molecular formula is C16H24BrN3O2. The van der Waals surface area contributed by atoms with E-state index in [4.69, 9.17) is 9.47 Å². The third-order valence-electron chi connectivity index (χ3n) is 4.61. The lowest BCUT2D eigenvalue weighted by atomic mass is 9.94. The van der Waals surface area contributed by atoms with E-state index in [0.717, 1.165) is 30.2 Å². The maximum absolute atomic E-state index is 5.71. The summed E-state index contributed by atoms with van der Waals surface area (Å²) in [5.74, 6) is 1.45. The maximum Gasteiger partial charge on any atom is 0.316 e. The van der Waals surface area contributed by atoms with Crippen molar-refractivity contribution in [3.05, 3.63) is 16.9 Å². The molecule has 2 fully saturated rings. The van der Waals surface area contributed by atoms with Gasteiger partial charge in [0.25, 0.3) is 0 Å². The fourth-order valence-corrected chi connectivity index (χ4v) is 3.40. The molecule has 3 rings (SSSR count). The largest absolute Gasteiger partial charge is 0.463 e. The Morgan fingerprint density at radius 1 is 1.09 bits per heavy atom. The second kappa shape index (κ2) is 8.22. The number of hydrogen-bond donors (Lipinski definition) is 0. The van der Waals surface area contributed by atoms with Crippen LogP contribution in [0.15, 0.2) is 16.9 Å². The molecule has 1 aromatic rings. The Labute approximate surface area is 140 Å². The summed E-state index contributed by atoms with van der Waals surface area (Å²) in [5.41, 5.74) is 0. The number of aromatic nitrogens is 2. The van der Waals surface area contributed by atoms with Crippen molar-refractivity contribution in [1.29, 1.82) is 0 Å². The Morgan fingerprint density at radius 2 is 1.77 bits per heavy atom. The second-order valence-corrected chi connectivity index (χ2v) is 7.21. The van der Waals surface area contributed by atoms with Gasteiger partial charge >= 0.3 is 6.01 Å². The van der Waals surface area contributed by atoms with Crippen LogP contribution in [-0.2, 0) is 4.74 Å². The topological polar surface area (TPSA) is 47.5 Å². The average Bonchev–Trinajstić information content (AvgIpc) is 2.57. The van der Waals surface area contributed by atoms with Gasteiger partial charge in [0.15, 0.2) is 0 Å². The summed E-state index contributed by atoms with van der Waals surface area (Å²) in [6.45, 7) is 6.24. The summed E-state index contributed by atoms with van der Waals surface area (Å²) in [6, 6.07) is 0.479. The van der Waals surface area contributed by atoms with Crippen LogP contribution in [0.5, 0.6) is 6.01 Å². The van der Waals surface area contributed by atoms with E-state index in [0.29, 0.717) is 11.9 Å². The van der Waals surface area contributed by atoms with E-state index in [9.17, 15) is 0 Å². The van der Waals surface area contributed by atoms with Crippen molar-refractivity contribution in [2.75, 3.05) is 39.5 Å². The lowest BCUT2D eigenvalue weighted by molar-refractivity contribution is 0.0443. The van der Waals surface area contributed by atoms with Crippen LogP contribution in [0.1, 0.15) is 25.7 Å². The molecule has 0 amide bonds. The normalized spacial score (nSPS) is 21.9. The molecule has 0 atom stereocenters. The van der Waals surface area contributed by atoms with Crippen molar-refractivity contribution < 1.29 is 9.47 Å². The second-order valence-electron chi connectivity index (χ2n) is 6.29. The highest BCUT2D eigenvalue weighted by atomic mass is 79.9. The van der Waals surface area contributed by atoms with E-state index in [1.807, 2.05) is 0 Å². The fraction of sp³-hybridized carbons (Fsp3) is 0.750. The fourth-order valence-electron chi connectivity index (χ4n) is 3.20. The van der Waals surface area contributed by atoms with Crippen LogP contribution in [0.2, 0.25) is 0 Å². The molecule has 22 heavy (non-hydrogen) atoms. The molecule has 6 heteroatoms. The lowest BCUT2D eigenvalue weighted by Crippen LogP contribution is -2.39.